The number of hydrogen-bond donors (Lipinski definition) is 0. The van der Waals surface area contributed by atoms with E-state index in [0.717, 1.165) is 89.6 Å². The average Bonchev–Trinajstić information content (AvgIpc) is 3.81. The summed E-state index contributed by atoms with van der Waals surface area (Å²) in [7, 11) is -6.18. The molecule has 0 N–H and O–H groups in total. The van der Waals surface area contributed by atoms with Crippen molar-refractivity contribution >= 4 is 43.1 Å². The van der Waals surface area contributed by atoms with Crippen LogP contribution >= 0.6 is 0 Å². The molecule has 4 aromatic heterocycles. The van der Waals surface area contributed by atoms with E-state index in [1.165, 1.54) is 0 Å². The van der Waals surface area contributed by atoms with Crippen molar-refractivity contribution in [3.63, 3.8) is 0 Å². The Balaban J connectivity index is 1.23. The standard InChI is InChI=1S/C40H55N7O6SSi2/c1-54(48,49)53-23-29-14-15-41-35(20-29)37-22-42-38(46(37)28-51-17-19-56(5,6)7)31-10-8-30(9-11-31)36-21-34-39(45(36)27-50-16-18-55(2,3)4)43-26-44-40(34)47-32-12-13-33(47)25-52-24-32/h8-11,14-15,20-22,26,32-33H,12-13,16-19,23-25,27-28H2,1-7H3/t32-,33+. The second-order valence-electron chi connectivity index (χ2n) is 17.4. The highest BCUT2D eigenvalue weighted by Gasteiger charge is 2.39. The lowest BCUT2D eigenvalue weighted by Gasteiger charge is -2.35. The molecule has 0 spiro atoms. The van der Waals surface area contributed by atoms with Crippen molar-refractivity contribution in [1.82, 2.24) is 29.1 Å². The highest BCUT2D eigenvalue weighted by molar-refractivity contribution is 7.85. The van der Waals surface area contributed by atoms with Gasteiger partial charge in [0.25, 0.3) is 10.1 Å². The van der Waals surface area contributed by atoms with Crippen molar-refractivity contribution in [3.05, 3.63) is 66.7 Å². The average molecular weight is 818 g/mol. The van der Waals surface area contributed by atoms with Crippen LogP contribution in [0.15, 0.2) is 61.2 Å². The van der Waals surface area contributed by atoms with Crippen LogP contribution in [0.4, 0.5) is 5.82 Å². The Bertz CT molecular complexity index is 2230. The molecule has 0 saturated carbocycles. The van der Waals surface area contributed by atoms with E-state index in [9.17, 15) is 8.42 Å². The van der Waals surface area contributed by atoms with E-state index < -0.39 is 26.3 Å². The fourth-order valence-electron chi connectivity index (χ4n) is 7.28. The van der Waals surface area contributed by atoms with Crippen LogP contribution in [0.5, 0.6) is 0 Å². The Morgan fingerprint density at radius 1 is 0.786 bits per heavy atom. The molecule has 1 aromatic carbocycles. The third-order valence-electron chi connectivity index (χ3n) is 10.4. The Hall–Kier alpha value is -3.78. The van der Waals surface area contributed by atoms with E-state index in [1.54, 1.807) is 24.8 Å². The van der Waals surface area contributed by atoms with Gasteiger partial charge in [0.05, 0.1) is 66.8 Å². The number of nitrogens with zero attached hydrogens (tertiary/aromatic N) is 7. The molecule has 0 aliphatic carbocycles. The predicted molar refractivity (Wildman–Crippen MR) is 225 cm³/mol. The second kappa shape index (κ2) is 16.6. The molecule has 2 aliphatic rings. The highest BCUT2D eigenvalue weighted by atomic mass is 32.2. The highest BCUT2D eigenvalue weighted by Crippen LogP contribution is 2.39. The van der Waals surface area contributed by atoms with Gasteiger partial charge >= 0.3 is 0 Å². The number of pyridine rings is 1. The SMILES string of the molecule is C[Si](C)(C)CCOCn1c(-c2cc(COS(C)(=O)=O)ccn2)cnc1-c1ccc(-c2cc3c(N4[C@@H]5CC[C@H]4COC5)ncnc3n2COCC[Si](C)(C)C)cc1. The summed E-state index contributed by atoms with van der Waals surface area (Å²) < 4.78 is 51.2. The normalized spacial score (nSPS) is 17.7. The Kier molecular flexibility index (Phi) is 12.0. The van der Waals surface area contributed by atoms with Gasteiger partial charge in [0.15, 0.2) is 0 Å². The van der Waals surface area contributed by atoms with E-state index in [1.807, 2.05) is 10.6 Å². The predicted octanol–water partition coefficient (Wildman–Crippen LogP) is 7.49. The molecule has 2 saturated heterocycles. The third-order valence-corrected chi connectivity index (χ3v) is 14.4. The van der Waals surface area contributed by atoms with Crippen LogP contribution < -0.4 is 4.90 Å². The Labute approximate surface area is 332 Å². The number of imidazole rings is 1. The smallest absolute Gasteiger partial charge is 0.264 e. The maximum Gasteiger partial charge on any atom is 0.264 e. The zero-order valence-corrected chi connectivity index (χ0v) is 36.5. The summed E-state index contributed by atoms with van der Waals surface area (Å²) in [5.74, 6) is 1.71. The molecule has 13 nitrogen and oxygen atoms in total. The zero-order valence-electron chi connectivity index (χ0n) is 33.7. The van der Waals surface area contributed by atoms with Crippen molar-refractivity contribution < 1.29 is 26.8 Å². The van der Waals surface area contributed by atoms with Crippen molar-refractivity contribution in [2.24, 2.45) is 0 Å². The molecule has 0 amide bonds. The largest absolute Gasteiger partial charge is 0.377 e. The van der Waals surface area contributed by atoms with Gasteiger partial charge in [-0.15, -0.1) is 0 Å². The number of morpholine rings is 1. The molecular weight excluding hydrogens is 763 g/mol. The van der Waals surface area contributed by atoms with Crippen LogP contribution in [0.2, 0.25) is 51.4 Å². The minimum absolute atomic E-state index is 0.0791. The fourth-order valence-corrected chi connectivity index (χ4v) is 9.14. The van der Waals surface area contributed by atoms with E-state index in [4.69, 9.17) is 33.3 Å². The van der Waals surface area contributed by atoms with Crippen molar-refractivity contribution in [2.45, 2.75) is 96.4 Å². The first-order chi connectivity index (χ1) is 26.6. The monoisotopic (exact) mass is 817 g/mol. The minimum atomic E-state index is -3.60. The lowest BCUT2D eigenvalue weighted by Crippen LogP contribution is -2.46. The van der Waals surface area contributed by atoms with Gasteiger partial charge in [-0.3, -0.25) is 13.7 Å². The Morgan fingerprint density at radius 3 is 2.07 bits per heavy atom. The number of rotatable bonds is 17. The van der Waals surface area contributed by atoms with Gasteiger partial charge in [0.2, 0.25) is 0 Å². The van der Waals surface area contributed by atoms with E-state index in [2.05, 4.69) is 84.1 Å². The summed E-state index contributed by atoms with van der Waals surface area (Å²) in [5.41, 5.74) is 5.92. The Morgan fingerprint density at radius 2 is 1.43 bits per heavy atom. The molecule has 0 unspecified atom stereocenters. The lowest BCUT2D eigenvalue weighted by molar-refractivity contribution is 0.0892. The number of benzene rings is 1. The third kappa shape index (κ3) is 9.66. The fraction of sp³-hybridized carbons (Fsp3) is 0.500. The van der Waals surface area contributed by atoms with Crippen LogP contribution in [0.25, 0.3) is 45.1 Å². The molecular formula is C40H55N7O6SSi2. The van der Waals surface area contributed by atoms with Crippen molar-refractivity contribution in [2.75, 3.05) is 37.6 Å². The van der Waals surface area contributed by atoms with Gasteiger partial charge in [-0.1, -0.05) is 63.5 Å². The minimum Gasteiger partial charge on any atom is -0.377 e. The second-order valence-corrected chi connectivity index (χ2v) is 30.3. The number of anilines is 1. The van der Waals surface area contributed by atoms with Crippen LogP contribution in [0.3, 0.4) is 0 Å². The molecule has 5 aromatic rings. The molecule has 0 radical (unpaired) electrons. The van der Waals surface area contributed by atoms with Gasteiger partial charge in [0, 0.05) is 41.1 Å². The molecule has 6 heterocycles. The first-order valence-corrected chi connectivity index (χ1v) is 28.7. The number of fused-ring (bicyclic) bond motifs is 3. The summed E-state index contributed by atoms with van der Waals surface area (Å²) in [6, 6.07) is 17.0. The molecule has 7 rings (SSSR count). The number of aromatic nitrogens is 6. The van der Waals surface area contributed by atoms with Crippen LogP contribution in [0, 0.1) is 0 Å². The zero-order chi connectivity index (χ0) is 39.7. The molecule has 2 aliphatic heterocycles. The molecule has 2 atom stereocenters. The molecule has 300 valence electrons. The van der Waals surface area contributed by atoms with Gasteiger partial charge in [-0.25, -0.2) is 15.0 Å². The van der Waals surface area contributed by atoms with Gasteiger partial charge < -0.3 is 23.7 Å². The first-order valence-electron chi connectivity index (χ1n) is 19.5. The number of hydrogen-bond acceptors (Lipinski definition) is 11. The van der Waals surface area contributed by atoms with Crippen molar-refractivity contribution in [3.8, 4) is 34.0 Å². The van der Waals surface area contributed by atoms with Crippen LogP contribution in [-0.2, 0) is 48.6 Å². The van der Waals surface area contributed by atoms with Gasteiger partial charge in [0.1, 0.15) is 37.1 Å². The molecule has 16 heteroatoms. The first kappa shape index (κ1) is 40.4. The van der Waals surface area contributed by atoms with Crippen LogP contribution in [0.1, 0.15) is 18.4 Å². The van der Waals surface area contributed by atoms with E-state index in [-0.39, 0.29) is 13.3 Å². The number of ether oxygens (including phenoxy) is 3. The lowest BCUT2D eigenvalue weighted by atomic mass is 10.1. The summed E-state index contributed by atoms with van der Waals surface area (Å²) >= 11 is 0. The summed E-state index contributed by atoms with van der Waals surface area (Å²) in [4.78, 5) is 21.7. The topological polar surface area (TPSA) is 136 Å². The summed E-state index contributed by atoms with van der Waals surface area (Å²) in [6.07, 6.45) is 8.38. The molecule has 2 bridgehead atoms. The maximum atomic E-state index is 11.7. The summed E-state index contributed by atoms with van der Waals surface area (Å²) in [6.45, 7) is 17.5. The quantitative estimate of drug-likeness (QED) is 0.0525. The molecule has 2 fully saturated rings. The van der Waals surface area contributed by atoms with E-state index in [0.29, 0.717) is 43.3 Å². The van der Waals surface area contributed by atoms with E-state index >= 15 is 0 Å². The maximum absolute atomic E-state index is 11.7. The van der Waals surface area contributed by atoms with Gasteiger partial charge in [-0.2, -0.15) is 8.42 Å². The summed E-state index contributed by atoms with van der Waals surface area (Å²) in [5, 5.41) is 1.02. The van der Waals surface area contributed by atoms with Crippen molar-refractivity contribution in [1.29, 1.82) is 0 Å². The molecule has 56 heavy (non-hydrogen) atoms. The van der Waals surface area contributed by atoms with Gasteiger partial charge in [-0.05, 0) is 54.3 Å². The van der Waals surface area contributed by atoms with Crippen LogP contribution in [-0.4, -0.2) is 98.4 Å².